The van der Waals surface area contributed by atoms with Gasteiger partial charge >= 0.3 is 5.97 Å². The molecule has 0 bridgehead atoms. The molecule has 5 aliphatic rings. The van der Waals surface area contributed by atoms with Crippen molar-refractivity contribution in [2.24, 2.45) is 32.7 Å². The number of hydrogen-bond donors (Lipinski definition) is 5. The number of Topliss-reactive ketones (excluding diaryl/α,β-unsaturated/α-hetero) is 1. The second kappa shape index (κ2) is 17.3. The minimum atomic E-state index is -0.844. The number of morpholine rings is 1. The van der Waals surface area contributed by atoms with Crippen molar-refractivity contribution in [3.63, 3.8) is 0 Å². The van der Waals surface area contributed by atoms with Crippen molar-refractivity contribution in [2.75, 3.05) is 58.5 Å². The highest BCUT2D eigenvalue weighted by Gasteiger charge is 2.60. The Morgan fingerprint density at radius 3 is 2.56 bits per heavy atom. The Morgan fingerprint density at radius 1 is 1.18 bits per heavy atom. The third kappa shape index (κ3) is 8.80. The van der Waals surface area contributed by atoms with Crippen molar-refractivity contribution >= 4 is 41.5 Å². The number of hydrogen-bond acceptors (Lipinski definition) is 13. The number of amidine groups is 1. The van der Waals surface area contributed by atoms with Crippen LogP contribution in [0.5, 0.6) is 5.75 Å². The number of allylic oxidation sites excluding steroid dienone is 1. The fourth-order valence-electron chi connectivity index (χ4n) is 9.65. The molecule has 3 fully saturated rings. The highest BCUT2D eigenvalue weighted by atomic mass is 16.5. The molecular weight excluding hydrogens is 729 g/mol. The van der Waals surface area contributed by atoms with Crippen molar-refractivity contribution in [1.82, 2.24) is 15.5 Å². The topological polar surface area (TPSA) is 186 Å². The lowest BCUT2D eigenvalue weighted by Gasteiger charge is -2.62. The van der Waals surface area contributed by atoms with Gasteiger partial charge in [0.2, 0.25) is 5.91 Å². The predicted molar refractivity (Wildman–Crippen MR) is 219 cm³/mol. The second-order valence-electron chi connectivity index (χ2n) is 17.1. The van der Waals surface area contributed by atoms with Gasteiger partial charge < -0.3 is 39.9 Å². The Labute approximate surface area is 335 Å². The molecule has 14 heteroatoms. The minimum Gasteiger partial charge on any atom is -0.507 e. The van der Waals surface area contributed by atoms with Crippen LogP contribution in [0.2, 0.25) is 0 Å². The van der Waals surface area contributed by atoms with Crippen LogP contribution >= 0.6 is 0 Å². The third-order valence-electron chi connectivity index (χ3n) is 13.2. The maximum atomic E-state index is 13.9. The molecule has 3 aliphatic heterocycles. The molecule has 310 valence electrons. The number of amides is 1. The van der Waals surface area contributed by atoms with Crippen molar-refractivity contribution in [3.8, 4) is 5.75 Å². The van der Waals surface area contributed by atoms with Crippen LogP contribution in [0.3, 0.4) is 0 Å². The minimum absolute atomic E-state index is 0.0294. The molecule has 0 radical (unpaired) electrons. The number of anilines is 1. The predicted octanol–water partition coefficient (Wildman–Crippen LogP) is 3.02. The van der Waals surface area contributed by atoms with Gasteiger partial charge in [-0.25, -0.2) is 9.79 Å². The largest absolute Gasteiger partial charge is 0.507 e. The normalized spacial score (nSPS) is 31.0. The van der Waals surface area contributed by atoms with Gasteiger partial charge in [-0.2, -0.15) is 0 Å². The summed E-state index contributed by atoms with van der Waals surface area (Å²) < 4.78 is 11.3. The average molecular weight is 789 g/mol. The van der Waals surface area contributed by atoms with E-state index in [1.54, 1.807) is 42.3 Å². The Kier molecular flexibility index (Phi) is 12.9. The number of phenolic OH excluding ortho intramolecular Hbond substituents is 1. The number of aliphatic imine (C=N–C) groups is 2. The van der Waals surface area contributed by atoms with E-state index in [1.165, 1.54) is 0 Å². The monoisotopic (exact) mass is 788 g/mol. The number of nitrogens with zero attached hydrogens (tertiary/aromatic N) is 4. The second-order valence-corrected chi connectivity index (χ2v) is 17.1. The molecule has 1 amide bonds. The zero-order valence-corrected chi connectivity index (χ0v) is 34.2. The summed E-state index contributed by atoms with van der Waals surface area (Å²) in [5.74, 6) is -0.483. The standard InChI is InChI=1S/C43H60N6O8/c1-25-32(42(4)11-10-38(53)43(5,24-50)37(42)22-33(25)47-27(3)40(54)49-14-16-56-17-15-49)21-34(46-26(2)35(51)23-39-44-12-13-45-39)31-20-30(57-41(31)55)18-28-8-9-29(48(6)7)19-36(28)52/h8-9,12,18-20,26-27,32-34,37-38,46-47,50,52-53H,1,10-11,13-17,21-24H2,2-7H3/b30-18+/t26?,27?,32?,33?,34?,37?,38-,42-,43+/m1/s1. The van der Waals surface area contributed by atoms with E-state index in [-0.39, 0.29) is 54.1 Å². The molecule has 1 aromatic rings. The van der Waals surface area contributed by atoms with Gasteiger partial charge in [0.1, 0.15) is 17.3 Å². The molecule has 2 aliphatic carbocycles. The number of ether oxygens (including phenoxy) is 2. The summed E-state index contributed by atoms with van der Waals surface area (Å²) in [7, 11) is 3.75. The number of fused-ring (bicyclic) bond motifs is 1. The van der Waals surface area contributed by atoms with Crippen molar-refractivity contribution in [3.05, 3.63) is 53.3 Å². The first kappa shape index (κ1) is 42.4. The molecule has 0 spiro atoms. The van der Waals surface area contributed by atoms with Gasteiger partial charge in [-0.05, 0) is 81.1 Å². The number of aliphatic hydroxyl groups excluding tert-OH is 2. The smallest absolute Gasteiger partial charge is 0.341 e. The van der Waals surface area contributed by atoms with E-state index in [0.29, 0.717) is 75.5 Å². The van der Waals surface area contributed by atoms with Gasteiger partial charge in [-0.3, -0.25) is 19.9 Å². The van der Waals surface area contributed by atoms with E-state index in [0.717, 1.165) is 11.3 Å². The maximum absolute atomic E-state index is 13.9. The van der Waals surface area contributed by atoms with E-state index in [2.05, 4.69) is 34.1 Å². The number of aliphatic hydroxyl groups is 2. The number of phenols is 1. The van der Waals surface area contributed by atoms with Gasteiger partial charge in [-0.15, -0.1) is 0 Å². The van der Waals surface area contributed by atoms with Crippen LogP contribution in [0, 0.1) is 22.7 Å². The number of carbonyl (C=O) groups excluding carboxylic acids is 3. The molecule has 9 atom stereocenters. The van der Waals surface area contributed by atoms with E-state index in [4.69, 9.17) is 9.47 Å². The zero-order chi connectivity index (χ0) is 41.2. The summed E-state index contributed by atoms with van der Waals surface area (Å²) in [6, 6.07) is 2.96. The Balaban J connectivity index is 1.36. The lowest BCUT2D eigenvalue weighted by atomic mass is 9.45. The third-order valence-corrected chi connectivity index (χ3v) is 13.2. The van der Waals surface area contributed by atoms with Gasteiger partial charge in [0.15, 0.2) is 5.78 Å². The van der Waals surface area contributed by atoms with E-state index in [1.807, 2.05) is 38.9 Å². The summed E-state index contributed by atoms with van der Waals surface area (Å²) in [5.41, 5.74) is 1.14. The first-order valence-corrected chi connectivity index (χ1v) is 20.2. The molecule has 6 rings (SSSR count). The molecule has 1 saturated heterocycles. The highest BCUT2D eigenvalue weighted by molar-refractivity contribution is 6.07. The summed E-state index contributed by atoms with van der Waals surface area (Å²) >= 11 is 0. The summed E-state index contributed by atoms with van der Waals surface area (Å²) in [4.78, 5) is 53.3. The first-order chi connectivity index (χ1) is 27.0. The van der Waals surface area contributed by atoms with Crippen LogP contribution in [0.4, 0.5) is 5.69 Å². The number of ketones is 1. The van der Waals surface area contributed by atoms with Crippen LogP contribution < -0.4 is 15.5 Å². The van der Waals surface area contributed by atoms with E-state index < -0.39 is 41.0 Å². The molecule has 5 N–H and O–H groups in total. The summed E-state index contributed by atoms with van der Waals surface area (Å²) in [6.45, 7) is 14.6. The van der Waals surface area contributed by atoms with Crippen LogP contribution in [-0.4, -0.2) is 134 Å². The molecule has 0 aromatic heterocycles. The van der Waals surface area contributed by atoms with Crippen LogP contribution in [-0.2, 0) is 23.9 Å². The lowest BCUT2D eigenvalue weighted by Crippen LogP contribution is -2.63. The SMILES string of the molecule is C=C1C(NC(C)C(=O)N2CCOCC2)CC2[C@](C)(CC[C@@H](O)[C@@]2(C)CO)C1CC(NC(C)C(=O)CC1=NCC=N1)C1=C/C(=C\c2ccc(N(C)C)cc2O)OC1=O. The van der Waals surface area contributed by atoms with Crippen LogP contribution in [0.25, 0.3) is 6.08 Å². The van der Waals surface area contributed by atoms with Crippen molar-refractivity contribution in [1.29, 1.82) is 0 Å². The van der Waals surface area contributed by atoms with Crippen LogP contribution in [0.1, 0.15) is 65.4 Å². The summed E-state index contributed by atoms with van der Waals surface area (Å²) in [6.07, 6.45) is 6.23. The number of cyclic esters (lactones) is 1. The van der Waals surface area contributed by atoms with Gasteiger partial charge in [-0.1, -0.05) is 26.0 Å². The van der Waals surface area contributed by atoms with Gasteiger partial charge in [0.25, 0.3) is 0 Å². The number of rotatable bonds is 14. The van der Waals surface area contributed by atoms with E-state index >= 15 is 0 Å². The van der Waals surface area contributed by atoms with Gasteiger partial charge in [0.05, 0.1) is 56.5 Å². The first-order valence-electron chi connectivity index (χ1n) is 20.2. The number of nitrogens with one attached hydrogen (secondary N) is 2. The maximum Gasteiger partial charge on any atom is 0.341 e. The van der Waals surface area contributed by atoms with E-state index in [9.17, 15) is 29.7 Å². The average Bonchev–Trinajstić information content (AvgIpc) is 3.84. The number of benzene rings is 1. The molecule has 1 aromatic carbocycles. The number of aromatic hydroxyl groups is 1. The number of esters is 1. The van der Waals surface area contributed by atoms with Crippen molar-refractivity contribution < 1.29 is 39.2 Å². The molecule has 14 nitrogen and oxygen atoms in total. The molecule has 6 unspecified atom stereocenters. The Bertz CT molecular complexity index is 1850. The highest BCUT2D eigenvalue weighted by Crippen LogP contribution is 2.62. The zero-order valence-electron chi connectivity index (χ0n) is 34.2. The van der Waals surface area contributed by atoms with Crippen molar-refractivity contribution in [2.45, 2.75) is 90.1 Å². The molecule has 57 heavy (non-hydrogen) atoms. The lowest BCUT2D eigenvalue weighted by molar-refractivity contribution is -0.157. The number of carbonyl (C=O) groups is 3. The Hall–Kier alpha value is -4.21. The fraction of sp³-hybridized carbons (Fsp3) is 0.605. The summed E-state index contributed by atoms with van der Waals surface area (Å²) in [5, 5.41) is 40.2. The molecule has 2 saturated carbocycles. The molecule has 3 heterocycles. The molecular formula is C43H60N6O8. The quantitative estimate of drug-likeness (QED) is 0.138. The Morgan fingerprint density at radius 2 is 1.91 bits per heavy atom. The fourth-order valence-corrected chi connectivity index (χ4v) is 9.65. The van der Waals surface area contributed by atoms with Crippen LogP contribution in [0.15, 0.2) is 57.7 Å². The van der Waals surface area contributed by atoms with Gasteiger partial charge in [0, 0.05) is 68.2 Å².